The van der Waals surface area contributed by atoms with Crippen molar-refractivity contribution in [2.24, 2.45) is 22.7 Å². The molecule has 184 valence electrons. The van der Waals surface area contributed by atoms with E-state index in [-0.39, 0.29) is 42.4 Å². The summed E-state index contributed by atoms with van der Waals surface area (Å²) in [6, 6.07) is 9.61. The average molecular weight is 463 g/mol. The zero-order valence-electron chi connectivity index (χ0n) is 20.4. The van der Waals surface area contributed by atoms with Crippen LogP contribution in [0.1, 0.15) is 71.8 Å². The molecule has 2 aliphatic carbocycles. The lowest BCUT2D eigenvalue weighted by Crippen LogP contribution is -2.35. The molecule has 0 bridgehead atoms. The van der Waals surface area contributed by atoms with Crippen LogP contribution in [-0.2, 0) is 30.5 Å². The number of aliphatic hydroxyl groups excluding tert-OH is 1. The van der Waals surface area contributed by atoms with Gasteiger partial charge in [0, 0.05) is 32.8 Å². The van der Waals surface area contributed by atoms with Crippen LogP contribution in [0.25, 0.3) is 0 Å². The standard InChI is InChI=1S/C16H20O3.C9H14O3.CH4O/c1-12(2)16(9-8-14(17)10-16)15(18)19-11-13-6-4-3-5-7-13;1-6(2)9(8(11)12)4-3-7(10)5-9;1-2/h3-7,12H,8-11H2,1-2H3;6H,3-5H2,1-2H3,(H,11,12);2H,1H3/t16-;9-;/m00./s1. The highest BCUT2D eigenvalue weighted by Crippen LogP contribution is 2.44. The summed E-state index contributed by atoms with van der Waals surface area (Å²) < 4.78 is 5.43. The summed E-state index contributed by atoms with van der Waals surface area (Å²) in [5, 5.41) is 16.0. The smallest absolute Gasteiger partial charge is 0.313 e. The van der Waals surface area contributed by atoms with E-state index in [2.05, 4.69) is 0 Å². The van der Waals surface area contributed by atoms with Gasteiger partial charge in [0.2, 0.25) is 0 Å². The molecule has 2 saturated carbocycles. The Balaban J connectivity index is 0.000000335. The van der Waals surface area contributed by atoms with Gasteiger partial charge in [-0.25, -0.2) is 0 Å². The molecule has 1 aromatic rings. The van der Waals surface area contributed by atoms with Crippen LogP contribution in [0.3, 0.4) is 0 Å². The molecule has 0 unspecified atom stereocenters. The number of Topliss-reactive ketones (excluding diaryl/α,β-unsaturated/α-hetero) is 2. The molecule has 7 heteroatoms. The van der Waals surface area contributed by atoms with Crippen LogP contribution < -0.4 is 0 Å². The number of ether oxygens (including phenoxy) is 1. The topological polar surface area (TPSA) is 118 Å². The summed E-state index contributed by atoms with van der Waals surface area (Å²) in [6.45, 7) is 7.99. The Morgan fingerprint density at radius 1 is 0.879 bits per heavy atom. The van der Waals surface area contributed by atoms with Gasteiger partial charge in [-0.15, -0.1) is 0 Å². The first-order valence-electron chi connectivity index (χ1n) is 11.5. The van der Waals surface area contributed by atoms with Gasteiger partial charge < -0.3 is 14.9 Å². The Morgan fingerprint density at radius 3 is 1.67 bits per heavy atom. The second-order valence-corrected chi connectivity index (χ2v) is 9.42. The summed E-state index contributed by atoms with van der Waals surface area (Å²) in [5.74, 6) is -0.610. The Labute approximate surface area is 196 Å². The number of benzene rings is 1. The molecule has 0 radical (unpaired) electrons. The van der Waals surface area contributed by atoms with Gasteiger partial charge in [-0.05, 0) is 30.2 Å². The van der Waals surface area contributed by atoms with E-state index in [1.54, 1.807) is 0 Å². The van der Waals surface area contributed by atoms with E-state index in [9.17, 15) is 19.2 Å². The molecule has 33 heavy (non-hydrogen) atoms. The number of hydrogen-bond donors (Lipinski definition) is 2. The van der Waals surface area contributed by atoms with Crippen LogP contribution in [0.4, 0.5) is 0 Å². The number of aliphatic carboxylic acids is 1. The number of carbonyl (C=O) groups is 4. The van der Waals surface area contributed by atoms with Gasteiger partial charge in [0.25, 0.3) is 0 Å². The predicted molar refractivity (Wildman–Crippen MR) is 124 cm³/mol. The van der Waals surface area contributed by atoms with Gasteiger partial charge >= 0.3 is 11.9 Å². The summed E-state index contributed by atoms with van der Waals surface area (Å²) >= 11 is 0. The van der Waals surface area contributed by atoms with Crippen LogP contribution in [0.15, 0.2) is 30.3 Å². The molecular formula is C26H38O7. The normalized spacial score (nSPS) is 24.1. The molecule has 0 aromatic heterocycles. The summed E-state index contributed by atoms with van der Waals surface area (Å²) in [4.78, 5) is 45.8. The van der Waals surface area contributed by atoms with Gasteiger partial charge in [0.15, 0.2) is 0 Å². The Hall–Kier alpha value is -2.54. The predicted octanol–water partition coefficient (Wildman–Crippen LogP) is 4.20. The van der Waals surface area contributed by atoms with Crippen molar-refractivity contribution in [2.45, 2.75) is 72.8 Å². The van der Waals surface area contributed by atoms with E-state index in [1.807, 2.05) is 58.0 Å². The number of carboxylic acid groups (broad SMARTS) is 1. The van der Waals surface area contributed by atoms with E-state index >= 15 is 0 Å². The molecule has 0 heterocycles. The molecule has 2 fully saturated rings. The fourth-order valence-corrected chi connectivity index (χ4v) is 4.47. The third kappa shape index (κ3) is 6.97. The van der Waals surface area contributed by atoms with E-state index in [0.717, 1.165) is 12.7 Å². The Morgan fingerprint density at radius 2 is 1.33 bits per heavy atom. The quantitative estimate of drug-likeness (QED) is 0.608. The highest BCUT2D eigenvalue weighted by Gasteiger charge is 2.49. The monoisotopic (exact) mass is 462 g/mol. The lowest BCUT2D eigenvalue weighted by atomic mass is 9.76. The van der Waals surface area contributed by atoms with Crippen molar-refractivity contribution in [3.8, 4) is 0 Å². The summed E-state index contributed by atoms with van der Waals surface area (Å²) in [7, 11) is 1.00. The van der Waals surface area contributed by atoms with E-state index in [4.69, 9.17) is 14.9 Å². The number of aliphatic hydroxyl groups is 1. The van der Waals surface area contributed by atoms with Crippen molar-refractivity contribution in [3.05, 3.63) is 35.9 Å². The molecule has 0 spiro atoms. The lowest BCUT2D eigenvalue weighted by Gasteiger charge is -2.29. The van der Waals surface area contributed by atoms with Gasteiger partial charge in [-0.3, -0.25) is 19.2 Å². The molecule has 2 atom stereocenters. The van der Waals surface area contributed by atoms with Crippen molar-refractivity contribution >= 4 is 23.5 Å². The maximum atomic E-state index is 12.4. The molecule has 0 aliphatic heterocycles. The fourth-order valence-electron chi connectivity index (χ4n) is 4.47. The van der Waals surface area contributed by atoms with Gasteiger partial charge in [-0.2, -0.15) is 0 Å². The second kappa shape index (κ2) is 12.6. The molecule has 0 amide bonds. The second-order valence-electron chi connectivity index (χ2n) is 9.42. The number of esters is 1. The van der Waals surface area contributed by atoms with Crippen molar-refractivity contribution in [1.29, 1.82) is 0 Å². The lowest BCUT2D eigenvalue weighted by molar-refractivity contribution is -0.160. The third-order valence-electron chi connectivity index (χ3n) is 6.98. The largest absolute Gasteiger partial charge is 0.481 e. The number of hydrogen-bond acceptors (Lipinski definition) is 6. The molecule has 2 aliphatic rings. The Kier molecular flexibility index (Phi) is 10.9. The molecule has 7 nitrogen and oxygen atoms in total. The molecule has 0 saturated heterocycles. The maximum Gasteiger partial charge on any atom is 0.313 e. The van der Waals surface area contributed by atoms with Gasteiger partial charge in [0.05, 0.1) is 10.8 Å². The minimum atomic E-state index is -0.816. The molecule has 2 N–H and O–H groups in total. The van der Waals surface area contributed by atoms with Gasteiger partial charge in [0.1, 0.15) is 18.2 Å². The third-order valence-corrected chi connectivity index (χ3v) is 6.98. The van der Waals surface area contributed by atoms with Crippen molar-refractivity contribution in [3.63, 3.8) is 0 Å². The first kappa shape index (κ1) is 28.5. The zero-order valence-corrected chi connectivity index (χ0v) is 20.4. The van der Waals surface area contributed by atoms with Crippen LogP contribution in [0, 0.1) is 22.7 Å². The van der Waals surface area contributed by atoms with Crippen molar-refractivity contribution in [1.82, 2.24) is 0 Å². The SMILES string of the molecule is CC(C)[C@]1(C(=O)O)CCC(=O)C1.CC(C)[C@]1(C(=O)OCc2ccccc2)CCC(=O)C1.CO. The number of ketones is 2. The van der Waals surface area contributed by atoms with E-state index in [0.29, 0.717) is 32.1 Å². The van der Waals surface area contributed by atoms with Crippen LogP contribution >= 0.6 is 0 Å². The van der Waals surface area contributed by atoms with Gasteiger partial charge in [-0.1, -0.05) is 58.0 Å². The first-order valence-corrected chi connectivity index (χ1v) is 11.5. The molecule has 3 rings (SSSR count). The zero-order chi connectivity index (χ0) is 25.2. The minimum Gasteiger partial charge on any atom is -0.481 e. The van der Waals surface area contributed by atoms with E-state index in [1.165, 1.54) is 0 Å². The fraction of sp³-hybridized carbons (Fsp3) is 0.615. The average Bonchev–Trinajstić information content (AvgIpc) is 3.39. The highest BCUT2D eigenvalue weighted by molar-refractivity contribution is 5.91. The van der Waals surface area contributed by atoms with Crippen molar-refractivity contribution in [2.75, 3.05) is 7.11 Å². The van der Waals surface area contributed by atoms with E-state index < -0.39 is 16.8 Å². The summed E-state index contributed by atoms with van der Waals surface area (Å²) in [5.41, 5.74) is -0.401. The highest BCUT2D eigenvalue weighted by atomic mass is 16.5. The Bertz CT molecular complexity index is 815. The molecule has 1 aromatic carbocycles. The number of carboxylic acids is 1. The first-order chi connectivity index (χ1) is 15.5. The van der Waals surface area contributed by atoms with Crippen LogP contribution in [0.2, 0.25) is 0 Å². The van der Waals surface area contributed by atoms with Crippen LogP contribution in [0.5, 0.6) is 0 Å². The van der Waals surface area contributed by atoms with Crippen LogP contribution in [-0.4, -0.2) is 40.8 Å². The summed E-state index contributed by atoms with van der Waals surface area (Å²) in [6.07, 6.45) is 2.62. The molecular weight excluding hydrogens is 424 g/mol. The maximum absolute atomic E-state index is 12.4. The minimum absolute atomic E-state index is 0.0430. The van der Waals surface area contributed by atoms with Crippen molar-refractivity contribution < 1.29 is 34.1 Å². The number of carbonyl (C=O) groups excluding carboxylic acids is 3. The number of rotatable bonds is 6.